The molecule has 2 aliphatic heterocycles. The van der Waals surface area contributed by atoms with Gasteiger partial charge in [0, 0.05) is 62.2 Å². The summed E-state index contributed by atoms with van der Waals surface area (Å²) >= 11 is 1.61. The molecule has 7 nitrogen and oxygen atoms in total. The van der Waals surface area contributed by atoms with Crippen molar-refractivity contribution < 1.29 is 9.53 Å². The number of nitrogens with one attached hydrogen (secondary N) is 1. The number of amides is 1. The van der Waals surface area contributed by atoms with Crippen LogP contribution in [0.4, 0.5) is 5.82 Å². The third-order valence-electron chi connectivity index (χ3n) is 6.57. The van der Waals surface area contributed by atoms with Crippen molar-refractivity contribution in [2.45, 2.75) is 23.8 Å². The molecule has 2 aromatic carbocycles. The first kappa shape index (κ1) is 24.7. The molecule has 2 aliphatic rings. The molecule has 0 spiro atoms. The van der Waals surface area contributed by atoms with E-state index < -0.39 is 0 Å². The van der Waals surface area contributed by atoms with Crippen molar-refractivity contribution in [3.63, 3.8) is 0 Å². The van der Waals surface area contributed by atoms with Gasteiger partial charge in [-0.3, -0.25) is 9.69 Å². The van der Waals surface area contributed by atoms with Crippen LogP contribution in [-0.2, 0) is 10.5 Å². The van der Waals surface area contributed by atoms with E-state index in [0.29, 0.717) is 17.9 Å². The number of ether oxygens (including phenoxy) is 1. The number of rotatable bonds is 9. The van der Waals surface area contributed by atoms with Gasteiger partial charge in [-0.05, 0) is 30.5 Å². The first-order valence-corrected chi connectivity index (χ1v) is 13.7. The Morgan fingerprint density at radius 2 is 1.75 bits per heavy atom. The van der Waals surface area contributed by atoms with E-state index in [-0.39, 0.29) is 5.91 Å². The fraction of sp³-hybridized carbons (Fsp3) is 0.393. The Kier molecular flexibility index (Phi) is 8.48. The topological polar surface area (TPSA) is 70.6 Å². The number of hydrogen-bond donors (Lipinski definition) is 1. The molecule has 8 heteroatoms. The normalized spacial score (nSPS) is 16.3. The van der Waals surface area contributed by atoms with E-state index in [4.69, 9.17) is 14.7 Å². The van der Waals surface area contributed by atoms with E-state index in [9.17, 15) is 4.79 Å². The molecule has 2 saturated heterocycles. The number of morpholine rings is 1. The highest BCUT2D eigenvalue weighted by Crippen LogP contribution is 2.29. The van der Waals surface area contributed by atoms with Gasteiger partial charge in [0.05, 0.1) is 18.9 Å². The number of hydrogen-bond acceptors (Lipinski definition) is 7. The highest BCUT2D eigenvalue weighted by atomic mass is 32.2. The molecule has 0 unspecified atom stereocenters. The van der Waals surface area contributed by atoms with Crippen molar-refractivity contribution in [3.05, 3.63) is 71.8 Å². The zero-order valence-electron chi connectivity index (χ0n) is 20.6. The van der Waals surface area contributed by atoms with Gasteiger partial charge in [0.25, 0.3) is 5.91 Å². The lowest BCUT2D eigenvalue weighted by Gasteiger charge is -2.26. The Bertz CT molecular complexity index is 1150. The molecule has 2 fully saturated rings. The fourth-order valence-corrected chi connectivity index (χ4v) is 5.34. The van der Waals surface area contributed by atoms with Crippen molar-refractivity contribution in [2.24, 2.45) is 0 Å². The van der Waals surface area contributed by atoms with Crippen LogP contribution in [0.2, 0.25) is 0 Å². The molecule has 3 aromatic rings. The van der Waals surface area contributed by atoms with Crippen LogP contribution in [0.25, 0.3) is 11.3 Å². The molecule has 36 heavy (non-hydrogen) atoms. The maximum absolute atomic E-state index is 12.7. The van der Waals surface area contributed by atoms with Gasteiger partial charge < -0.3 is 15.0 Å². The quantitative estimate of drug-likeness (QED) is 0.348. The number of thioether (sulfide) groups is 1. The summed E-state index contributed by atoms with van der Waals surface area (Å²) in [6, 6.07) is 20.2. The second kappa shape index (κ2) is 12.3. The van der Waals surface area contributed by atoms with Crippen LogP contribution < -0.4 is 10.2 Å². The van der Waals surface area contributed by atoms with Gasteiger partial charge in [0.15, 0.2) is 5.16 Å². The lowest BCUT2D eigenvalue weighted by Crippen LogP contribution is -2.41. The van der Waals surface area contributed by atoms with Crippen molar-refractivity contribution in [3.8, 4) is 11.3 Å². The smallest absolute Gasteiger partial charge is 0.251 e. The monoisotopic (exact) mass is 503 g/mol. The Labute approximate surface area is 217 Å². The number of aromatic nitrogens is 2. The van der Waals surface area contributed by atoms with Crippen LogP contribution in [0.1, 0.15) is 28.8 Å². The van der Waals surface area contributed by atoms with Crippen LogP contribution in [0.15, 0.2) is 65.8 Å². The molecule has 3 heterocycles. The van der Waals surface area contributed by atoms with Crippen LogP contribution in [0.3, 0.4) is 0 Å². The van der Waals surface area contributed by atoms with Gasteiger partial charge >= 0.3 is 0 Å². The molecule has 1 aromatic heterocycles. The van der Waals surface area contributed by atoms with E-state index in [1.807, 2.05) is 36.4 Å². The fourth-order valence-electron chi connectivity index (χ4n) is 4.55. The van der Waals surface area contributed by atoms with Crippen LogP contribution in [0.5, 0.6) is 0 Å². The van der Waals surface area contributed by atoms with E-state index in [2.05, 4.69) is 39.4 Å². The summed E-state index contributed by atoms with van der Waals surface area (Å²) in [5.74, 6) is 1.66. The van der Waals surface area contributed by atoms with Gasteiger partial charge in [-0.2, -0.15) is 0 Å². The zero-order valence-corrected chi connectivity index (χ0v) is 21.4. The minimum Gasteiger partial charge on any atom is -0.379 e. The average Bonchev–Trinajstić information content (AvgIpc) is 3.48. The van der Waals surface area contributed by atoms with E-state index in [0.717, 1.165) is 73.7 Å². The Morgan fingerprint density at radius 1 is 0.944 bits per heavy atom. The molecule has 0 atom stereocenters. The van der Waals surface area contributed by atoms with Crippen LogP contribution in [0, 0.1) is 0 Å². The summed E-state index contributed by atoms with van der Waals surface area (Å²) in [6.45, 7) is 6.95. The highest BCUT2D eigenvalue weighted by molar-refractivity contribution is 7.98. The first-order valence-electron chi connectivity index (χ1n) is 12.7. The maximum Gasteiger partial charge on any atom is 0.251 e. The number of nitrogens with zero attached hydrogens (tertiary/aromatic N) is 4. The second-order valence-electron chi connectivity index (χ2n) is 9.15. The number of benzene rings is 2. The predicted octanol–water partition coefficient (Wildman–Crippen LogP) is 4.10. The summed E-state index contributed by atoms with van der Waals surface area (Å²) in [6.07, 6.45) is 2.41. The molecule has 1 amide bonds. The summed E-state index contributed by atoms with van der Waals surface area (Å²) in [7, 11) is 0. The molecular formula is C28H33N5O2S. The molecule has 0 radical (unpaired) electrons. The summed E-state index contributed by atoms with van der Waals surface area (Å²) in [5.41, 5.74) is 3.81. The molecule has 0 bridgehead atoms. The molecule has 1 N–H and O–H groups in total. The average molecular weight is 504 g/mol. The Balaban J connectivity index is 1.23. The van der Waals surface area contributed by atoms with E-state index in [1.165, 1.54) is 12.8 Å². The van der Waals surface area contributed by atoms with Crippen LogP contribution in [-0.4, -0.2) is 73.3 Å². The molecular weight excluding hydrogens is 470 g/mol. The zero-order chi connectivity index (χ0) is 24.6. The Hall–Kier alpha value is -2.94. The molecule has 0 aliphatic carbocycles. The van der Waals surface area contributed by atoms with E-state index in [1.54, 1.807) is 11.8 Å². The highest BCUT2D eigenvalue weighted by Gasteiger charge is 2.17. The maximum atomic E-state index is 12.7. The van der Waals surface area contributed by atoms with Crippen LogP contribution >= 0.6 is 11.8 Å². The number of anilines is 1. The number of carbonyl (C=O) groups excluding carboxylic acids is 1. The Morgan fingerprint density at radius 3 is 2.56 bits per heavy atom. The van der Waals surface area contributed by atoms with Gasteiger partial charge in [0.1, 0.15) is 5.82 Å². The standard InChI is InChI=1S/C28H33N5O2S/c34-27(29-11-14-32-15-17-35-18-16-32)24-10-6-7-22(19-24)21-36-28-30-25(23-8-2-1-3-9-23)20-26(31-28)33-12-4-5-13-33/h1-3,6-10,19-20H,4-5,11-18,21H2,(H,29,34). The van der Waals surface area contributed by atoms with Crippen molar-refractivity contribution in [1.29, 1.82) is 0 Å². The summed E-state index contributed by atoms with van der Waals surface area (Å²) < 4.78 is 5.38. The van der Waals surface area contributed by atoms with Gasteiger partial charge in [-0.15, -0.1) is 0 Å². The third kappa shape index (κ3) is 6.63. The number of carbonyl (C=O) groups is 1. The molecule has 188 valence electrons. The first-order chi connectivity index (χ1) is 17.7. The molecule has 0 saturated carbocycles. The lowest BCUT2D eigenvalue weighted by atomic mass is 10.1. The second-order valence-corrected chi connectivity index (χ2v) is 10.1. The largest absolute Gasteiger partial charge is 0.379 e. The minimum atomic E-state index is -0.0336. The predicted molar refractivity (Wildman–Crippen MR) is 145 cm³/mol. The van der Waals surface area contributed by atoms with Gasteiger partial charge in [0.2, 0.25) is 0 Å². The van der Waals surface area contributed by atoms with Gasteiger partial charge in [-0.1, -0.05) is 54.2 Å². The van der Waals surface area contributed by atoms with Crippen molar-refractivity contribution in [2.75, 3.05) is 57.4 Å². The summed E-state index contributed by atoms with van der Waals surface area (Å²) in [5, 5.41) is 3.82. The molecule has 5 rings (SSSR count). The van der Waals surface area contributed by atoms with Crippen molar-refractivity contribution in [1.82, 2.24) is 20.2 Å². The SMILES string of the molecule is O=C(NCCN1CCOCC1)c1cccc(CSc2nc(-c3ccccc3)cc(N3CCCC3)n2)c1. The van der Waals surface area contributed by atoms with E-state index >= 15 is 0 Å². The summed E-state index contributed by atoms with van der Waals surface area (Å²) in [4.78, 5) is 27.1. The lowest BCUT2D eigenvalue weighted by molar-refractivity contribution is 0.0383. The minimum absolute atomic E-state index is 0.0336. The van der Waals surface area contributed by atoms with Crippen molar-refractivity contribution >= 4 is 23.5 Å². The third-order valence-corrected chi connectivity index (χ3v) is 7.48. The van der Waals surface area contributed by atoms with Gasteiger partial charge in [-0.25, -0.2) is 9.97 Å².